The molecule has 7 heteroatoms. The fraction of sp³-hybridized carbons (Fsp3) is 0.227. The molecule has 4 heterocycles. The Morgan fingerprint density at radius 1 is 1.03 bits per heavy atom. The van der Waals surface area contributed by atoms with Crippen LogP contribution in [0.2, 0.25) is 0 Å². The molecule has 1 aliphatic rings. The fourth-order valence-electron chi connectivity index (χ4n) is 3.69. The molecule has 0 saturated heterocycles. The van der Waals surface area contributed by atoms with E-state index in [1.165, 1.54) is 6.33 Å². The second kappa shape index (κ2) is 7.52. The summed E-state index contributed by atoms with van der Waals surface area (Å²) >= 11 is 0. The molecule has 0 amide bonds. The molecule has 5 rings (SSSR count). The second-order valence-electron chi connectivity index (χ2n) is 7.19. The fourth-order valence-corrected chi connectivity index (χ4v) is 3.69. The van der Waals surface area contributed by atoms with Gasteiger partial charge in [0.2, 0.25) is 0 Å². The molecule has 1 aromatic carbocycles. The number of nitrogens with zero attached hydrogens (tertiary/aromatic N) is 6. The first-order valence-corrected chi connectivity index (χ1v) is 9.61. The minimum atomic E-state index is 0.680. The zero-order valence-corrected chi connectivity index (χ0v) is 16.1. The molecule has 1 aliphatic heterocycles. The number of fused-ring (bicyclic) bond motifs is 1. The van der Waals surface area contributed by atoms with Crippen LogP contribution in [0.25, 0.3) is 22.6 Å². The van der Waals surface area contributed by atoms with Crippen molar-refractivity contribution in [3.8, 4) is 22.6 Å². The molecule has 0 fully saturated rings. The van der Waals surface area contributed by atoms with Gasteiger partial charge >= 0.3 is 0 Å². The molecule has 0 bridgehead atoms. The molecule has 3 aromatic heterocycles. The van der Waals surface area contributed by atoms with Gasteiger partial charge in [-0.25, -0.2) is 19.9 Å². The van der Waals surface area contributed by atoms with Crippen molar-refractivity contribution >= 4 is 0 Å². The normalized spacial score (nSPS) is 14.0. The average molecular weight is 384 g/mol. The summed E-state index contributed by atoms with van der Waals surface area (Å²) in [6, 6.07) is 10.2. The highest BCUT2D eigenvalue weighted by Crippen LogP contribution is 2.28. The molecule has 0 atom stereocenters. The van der Waals surface area contributed by atoms with Crippen LogP contribution in [0.4, 0.5) is 0 Å². The van der Waals surface area contributed by atoms with Crippen molar-refractivity contribution in [3.05, 3.63) is 77.8 Å². The van der Waals surface area contributed by atoms with E-state index < -0.39 is 0 Å². The van der Waals surface area contributed by atoms with Crippen molar-refractivity contribution in [2.45, 2.75) is 26.4 Å². The lowest BCUT2D eigenvalue weighted by atomic mass is 10.0. The Kier molecular flexibility index (Phi) is 4.57. The van der Waals surface area contributed by atoms with Gasteiger partial charge in [0.1, 0.15) is 17.8 Å². The molecule has 29 heavy (non-hydrogen) atoms. The minimum Gasteiger partial charge on any atom is -0.361 e. The van der Waals surface area contributed by atoms with E-state index in [0.717, 1.165) is 65.5 Å². The van der Waals surface area contributed by atoms with E-state index in [2.05, 4.69) is 37.1 Å². The quantitative estimate of drug-likeness (QED) is 0.533. The van der Waals surface area contributed by atoms with Crippen molar-refractivity contribution in [3.63, 3.8) is 0 Å². The molecule has 4 aromatic rings. The van der Waals surface area contributed by atoms with Gasteiger partial charge in [0.15, 0.2) is 5.82 Å². The van der Waals surface area contributed by atoms with E-state index in [1.54, 1.807) is 12.4 Å². The van der Waals surface area contributed by atoms with Crippen LogP contribution in [0.15, 0.2) is 59.8 Å². The van der Waals surface area contributed by atoms with Crippen LogP contribution in [0.3, 0.4) is 0 Å². The first-order valence-electron chi connectivity index (χ1n) is 9.61. The smallest absolute Gasteiger partial charge is 0.162 e. The Morgan fingerprint density at radius 2 is 1.86 bits per heavy atom. The predicted molar refractivity (Wildman–Crippen MR) is 108 cm³/mol. The number of benzene rings is 1. The SMILES string of the molecule is Cc1onc(-c2ccccc2)c1CN1CCc2nc(-c3cncnc3)ncc2C1. The second-order valence-corrected chi connectivity index (χ2v) is 7.19. The van der Waals surface area contributed by atoms with Crippen molar-refractivity contribution in [2.24, 2.45) is 0 Å². The van der Waals surface area contributed by atoms with Crippen molar-refractivity contribution < 1.29 is 4.52 Å². The lowest BCUT2D eigenvalue weighted by Crippen LogP contribution is -2.31. The van der Waals surface area contributed by atoms with Crippen LogP contribution in [0.1, 0.15) is 22.6 Å². The Bertz CT molecular complexity index is 1130. The van der Waals surface area contributed by atoms with Gasteiger partial charge in [-0.1, -0.05) is 35.5 Å². The van der Waals surface area contributed by atoms with Gasteiger partial charge in [-0.2, -0.15) is 0 Å². The van der Waals surface area contributed by atoms with E-state index in [-0.39, 0.29) is 0 Å². The molecular weight excluding hydrogens is 364 g/mol. The van der Waals surface area contributed by atoms with E-state index in [0.29, 0.717) is 5.82 Å². The third kappa shape index (κ3) is 3.52. The van der Waals surface area contributed by atoms with Crippen LogP contribution < -0.4 is 0 Å². The standard InChI is InChI=1S/C22H20N6O/c1-15-19(21(27-29-15)16-5-3-2-4-6-16)13-28-8-7-20-18(12-28)11-25-22(26-20)17-9-23-14-24-10-17/h2-6,9-11,14H,7-8,12-13H2,1H3. The molecule has 144 valence electrons. The lowest BCUT2D eigenvalue weighted by molar-refractivity contribution is 0.241. The maximum absolute atomic E-state index is 5.51. The zero-order valence-electron chi connectivity index (χ0n) is 16.1. The summed E-state index contributed by atoms with van der Waals surface area (Å²) in [6.45, 7) is 4.49. The Hall–Kier alpha value is -3.45. The molecule has 0 radical (unpaired) electrons. The maximum Gasteiger partial charge on any atom is 0.162 e. The Balaban J connectivity index is 1.37. The first kappa shape index (κ1) is 17.6. The van der Waals surface area contributed by atoms with Crippen LogP contribution in [0.5, 0.6) is 0 Å². The Morgan fingerprint density at radius 3 is 2.69 bits per heavy atom. The molecular formula is C22H20N6O. The molecule has 0 unspecified atom stereocenters. The van der Waals surface area contributed by atoms with Gasteiger partial charge in [0, 0.05) is 61.3 Å². The molecule has 0 saturated carbocycles. The predicted octanol–water partition coefficient (Wildman–Crippen LogP) is 3.46. The van der Waals surface area contributed by atoms with Gasteiger partial charge in [-0.15, -0.1) is 0 Å². The summed E-state index contributed by atoms with van der Waals surface area (Å²) in [6.07, 6.45) is 7.79. The van der Waals surface area contributed by atoms with Crippen LogP contribution in [0, 0.1) is 6.92 Å². The number of hydrogen-bond donors (Lipinski definition) is 0. The topological polar surface area (TPSA) is 80.8 Å². The Labute approximate surface area is 168 Å². The summed E-state index contributed by atoms with van der Waals surface area (Å²) in [5, 5.41) is 4.30. The highest BCUT2D eigenvalue weighted by Gasteiger charge is 2.23. The molecule has 0 N–H and O–H groups in total. The number of aryl methyl sites for hydroxylation is 1. The van der Waals surface area contributed by atoms with Crippen molar-refractivity contribution in [1.82, 2.24) is 30.0 Å². The molecule has 0 aliphatic carbocycles. The number of aromatic nitrogens is 5. The van der Waals surface area contributed by atoms with Crippen LogP contribution in [-0.4, -0.2) is 36.5 Å². The largest absolute Gasteiger partial charge is 0.361 e. The number of hydrogen-bond acceptors (Lipinski definition) is 7. The third-order valence-corrected chi connectivity index (χ3v) is 5.25. The van der Waals surface area contributed by atoms with Crippen molar-refractivity contribution in [2.75, 3.05) is 6.54 Å². The van der Waals surface area contributed by atoms with E-state index in [1.807, 2.05) is 31.3 Å². The van der Waals surface area contributed by atoms with E-state index in [9.17, 15) is 0 Å². The third-order valence-electron chi connectivity index (χ3n) is 5.25. The van der Waals surface area contributed by atoms with Gasteiger partial charge in [-0.05, 0) is 6.92 Å². The highest BCUT2D eigenvalue weighted by atomic mass is 16.5. The first-order chi connectivity index (χ1) is 14.3. The molecule has 7 nitrogen and oxygen atoms in total. The lowest BCUT2D eigenvalue weighted by Gasteiger charge is -2.28. The monoisotopic (exact) mass is 384 g/mol. The zero-order chi connectivity index (χ0) is 19.6. The minimum absolute atomic E-state index is 0.680. The van der Waals surface area contributed by atoms with E-state index >= 15 is 0 Å². The summed E-state index contributed by atoms with van der Waals surface area (Å²) in [5.74, 6) is 1.55. The molecule has 0 spiro atoms. The summed E-state index contributed by atoms with van der Waals surface area (Å²) in [4.78, 5) is 19.8. The van der Waals surface area contributed by atoms with Gasteiger partial charge < -0.3 is 4.52 Å². The van der Waals surface area contributed by atoms with Gasteiger partial charge in [-0.3, -0.25) is 4.90 Å². The average Bonchev–Trinajstić information content (AvgIpc) is 3.14. The van der Waals surface area contributed by atoms with Crippen LogP contribution in [-0.2, 0) is 19.5 Å². The van der Waals surface area contributed by atoms with E-state index in [4.69, 9.17) is 9.51 Å². The summed E-state index contributed by atoms with van der Waals surface area (Å²) in [7, 11) is 0. The number of rotatable bonds is 4. The van der Waals surface area contributed by atoms with Gasteiger partial charge in [0.05, 0.1) is 11.3 Å². The van der Waals surface area contributed by atoms with Crippen molar-refractivity contribution in [1.29, 1.82) is 0 Å². The highest BCUT2D eigenvalue weighted by molar-refractivity contribution is 5.63. The van der Waals surface area contributed by atoms with Crippen LogP contribution >= 0.6 is 0 Å². The summed E-state index contributed by atoms with van der Waals surface area (Å²) in [5.41, 5.74) is 6.23. The summed E-state index contributed by atoms with van der Waals surface area (Å²) < 4.78 is 5.51. The maximum atomic E-state index is 5.51. The van der Waals surface area contributed by atoms with Gasteiger partial charge in [0.25, 0.3) is 0 Å².